The van der Waals surface area contributed by atoms with Gasteiger partial charge >= 0.3 is 0 Å². The minimum Gasteiger partial charge on any atom is -0.291 e. The van der Waals surface area contributed by atoms with Crippen molar-refractivity contribution in [3.8, 4) is 0 Å². The van der Waals surface area contributed by atoms with Gasteiger partial charge in [-0.2, -0.15) is 0 Å². The molecule has 23 heavy (non-hydrogen) atoms. The molecule has 3 aliphatic rings. The Labute approximate surface area is 142 Å². The maximum Gasteiger partial charge on any atom is 0.228 e. The molecule has 0 N–H and O–H groups in total. The largest absolute Gasteiger partial charge is 0.291 e. The van der Waals surface area contributed by atoms with Crippen molar-refractivity contribution >= 4 is 22.8 Å². The molecule has 3 atom stereocenters. The molecule has 2 saturated carbocycles. The molecule has 1 heterocycles. The number of amidine groups is 1. The highest BCUT2D eigenvalue weighted by Crippen LogP contribution is 2.49. The van der Waals surface area contributed by atoms with E-state index in [1.165, 1.54) is 31.2 Å². The number of amides is 1. The number of hydrogen-bond donors (Lipinski definition) is 0. The predicted octanol–water partition coefficient (Wildman–Crippen LogP) is 3.94. The lowest BCUT2D eigenvalue weighted by atomic mass is 9.86. The van der Waals surface area contributed by atoms with Gasteiger partial charge in [0.2, 0.25) is 5.91 Å². The van der Waals surface area contributed by atoms with Crippen LogP contribution in [-0.4, -0.2) is 28.3 Å². The van der Waals surface area contributed by atoms with E-state index in [0.717, 1.165) is 35.7 Å². The third kappa shape index (κ3) is 3.32. The monoisotopic (exact) mass is 328 g/mol. The molecule has 0 aromatic heterocycles. The molecule has 1 aromatic carbocycles. The van der Waals surface area contributed by atoms with Gasteiger partial charge in [-0.15, -0.1) is 0 Å². The molecule has 3 nitrogen and oxygen atoms in total. The fourth-order valence-corrected chi connectivity index (χ4v) is 5.43. The van der Waals surface area contributed by atoms with Crippen LogP contribution in [0.2, 0.25) is 0 Å². The van der Waals surface area contributed by atoms with Crippen molar-refractivity contribution in [1.29, 1.82) is 0 Å². The topological polar surface area (TPSA) is 32.7 Å². The van der Waals surface area contributed by atoms with E-state index in [4.69, 9.17) is 4.99 Å². The first-order valence-electron chi connectivity index (χ1n) is 8.81. The van der Waals surface area contributed by atoms with E-state index >= 15 is 0 Å². The fraction of sp³-hybridized carbons (Fsp3) is 0.579. The zero-order chi connectivity index (χ0) is 15.6. The van der Waals surface area contributed by atoms with Gasteiger partial charge in [0.05, 0.1) is 6.54 Å². The van der Waals surface area contributed by atoms with Crippen molar-refractivity contribution in [2.75, 3.05) is 12.3 Å². The molecule has 0 unspecified atom stereocenters. The van der Waals surface area contributed by atoms with Crippen LogP contribution >= 0.6 is 11.8 Å². The van der Waals surface area contributed by atoms with Crippen LogP contribution in [0.4, 0.5) is 0 Å². The molecular formula is C19H24N2OS. The molecule has 1 amide bonds. The lowest BCUT2D eigenvalue weighted by molar-refractivity contribution is -0.128. The summed E-state index contributed by atoms with van der Waals surface area (Å²) >= 11 is 1.73. The van der Waals surface area contributed by atoms with Gasteiger partial charge in [-0.3, -0.25) is 14.7 Å². The van der Waals surface area contributed by atoms with Crippen LogP contribution in [0.5, 0.6) is 0 Å². The summed E-state index contributed by atoms with van der Waals surface area (Å²) in [6.45, 7) is 1.50. The number of thioether (sulfide) groups is 1. The lowest BCUT2D eigenvalue weighted by Gasteiger charge is -2.24. The number of carbonyl (C=O) groups excluding carboxylic acids is 1. The highest BCUT2D eigenvalue weighted by atomic mass is 32.2. The van der Waals surface area contributed by atoms with Crippen LogP contribution in [0.15, 0.2) is 35.3 Å². The molecule has 2 bridgehead atoms. The SMILES string of the molecule is O=C(C[C@@H]1C[C@@H]2CC[C@@H]1C2)N1CCSC1=NCc1ccccc1. The Morgan fingerprint density at radius 2 is 2.09 bits per heavy atom. The lowest BCUT2D eigenvalue weighted by Crippen LogP contribution is -2.34. The van der Waals surface area contributed by atoms with Gasteiger partial charge in [0.15, 0.2) is 5.17 Å². The van der Waals surface area contributed by atoms with Gasteiger partial charge in [-0.05, 0) is 42.6 Å². The van der Waals surface area contributed by atoms with E-state index in [2.05, 4.69) is 12.1 Å². The van der Waals surface area contributed by atoms with Gasteiger partial charge in [-0.1, -0.05) is 48.5 Å². The first-order valence-corrected chi connectivity index (χ1v) is 9.79. The average Bonchev–Trinajstić information content (AvgIpc) is 3.30. The summed E-state index contributed by atoms with van der Waals surface area (Å²) in [5.41, 5.74) is 1.20. The van der Waals surface area contributed by atoms with Crippen molar-refractivity contribution in [1.82, 2.24) is 4.90 Å². The van der Waals surface area contributed by atoms with Crippen molar-refractivity contribution in [2.24, 2.45) is 22.7 Å². The molecule has 122 valence electrons. The number of benzene rings is 1. The van der Waals surface area contributed by atoms with Gasteiger partial charge in [-0.25, -0.2) is 0 Å². The third-order valence-electron chi connectivity index (χ3n) is 5.64. The Morgan fingerprint density at radius 3 is 2.83 bits per heavy atom. The van der Waals surface area contributed by atoms with E-state index in [0.29, 0.717) is 18.4 Å². The van der Waals surface area contributed by atoms with Crippen molar-refractivity contribution in [2.45, 2.75) is 38.6 Å². The highest BCUT2D eigenvalue weighted by molar-refractivity contribution is 8.14. The average molecular weight is 328 g/mol. The van der Waals surface area contributed by atoms with E-state index in [-0.39, 0.29) is 0 Å². The minimum atomic E-state index is 0.305. The van der Waals surface area contributed by atoms with Crippen LogP contribution in [0, 0.1) is 17.8 Å². The summed E-state index contributed by atoms with van der Waals surface area (Å²) in [6, 6.07) is 10.3. The second-order valence-electron chi connectivity index (χ2n) is 7.12. The summed E-state index contributed by atoms with van der Waals surface area (Å²) in [5.74, 6) is 3.67. The molecule has 4 rings (SSSR count). The predicted molar refractivity (Wildman–Crippen MR) is 95.3 cm³/mol. The Balaban J connectivity index is 1.38. The molecule has 1 saturated heterocycles. The summed E-state index contributed by atoms with van der Waals surface area (Å²) < 4.78 is 0. The number of nitrogens with zero attached hydrogens (tertiary/aromatic N) is 2. The minimum absolute atomic E-state index is 0.305. The summed E-state index contributed by atoms with van der Waals surface area (Å²) in [6.07, 6.45) is 6.16. The summed E-state index contributed by atoms with van der Waals surface area (Å²) in [7, 11) is 0. The number of rotatable bonds is 4. The summed E-state index contributed by atoms with van der Waals surface area (Å²) in [5, 5.41) is 0.932. The fourth-order valence-electron chi connectivity index (χ4n) is 4.47. The Bertz CT molecular complexity index is 601. The van der Waals surface area contributed by atoms with Gasteiger partial charge < -0.3 is 0 Å². The van der Waals surface area contributed by atoms with Gasteiger partial charge in [0, 0.05) is 18.7 Å². The first-order chi connectivity index (χ1) is 11.3. The molecule has 1 aliphatic heterocycles. The highest BCUT2D eigenvalue weighted by Gasteiger charge is 2.41. The normalized spacial score (nSPS) is 31.2. The molecule has 0 radical (unpaired) electrons. The third-order valence-corrected chi connectivity index (χ3v) is 6.63. The maximum atomic E-state index is 12.7. The first kappa shape index (κ1) is 15.3. The Morgan fingerprint density at radius 1 is 1.22 bits per heavy atom. The maximum absolute atomic E-state index is 12.7. The van der Waals surface area contributed by atoms with Crippen LogP contribution < -0.4 is 0 Å². The second-order valence-corrected chi connectivity index (χ2v) is 8.18. The number of hydrogen-bond acceptors (Lipinski definition) is 3. The number of fused-ring (bicyclic) bond motifs is 2. The molecule has 4 heteroatoms. The number of aliphatic imine (C=N–C) groups is 1. The van der Waals surface area contributed by atoms with Crippen molar-refractivity contribution < 1.29 is 4.79 Å². The molecular weight excluding hydrogens is 304 g/mol. The Hall–Kier alpha value is -1.29. The molecule has 0 spiro atoms. The van der Waals surface area contributed by atoms with Gasteiger partial charge in [0.1, 0.15) is 0 Å². The zero-order valence-electron chi connectivity index (χ0n) is 13.5. The van der Waals surface area contributed by atoms with Crippen LogP contribution in [0.1, 0.15) is 37.7 Å². The van der Waals surface area contributed by atoms with E-state index in [1.54, 1.807) is 11.8 Å². The van der Waals surface area contributed by atoms with Crippen molar-refractivity contribution in [3.63, 3.8) is 0 Å². The van der Waals surface area contributed by atoms with E-state index in [1.807, 2.05) is 23.1 Å². The van der Waals surface area contributed by atoms with Crippen LogP contribution in [-0.2, 0) is 11.3 Å². The van der Waals surface area contributed by atoms with E-state index in [9.17, 15) is 4.79 Å². The second kappa shape index (κ2) is 6.68. The molecule has 3 fully saturated rings. The summed E-state index contributed by atoms with van der Waals surface area (Å²) in [4.78, 5) is 19.4. The van der Waals surface area contributed by atoms with Crippen molar-refractivity contribution in [3.05, 3.63) is 35.9 Å². The van der Waals surface area contributed by atoms with E-state index < -0.39 is 0 Å². The van der Waals surface area contributed by atoms with Gasteiger partial charge in [0.25, 0.3) is 0 Å². The van der Waals surface area contributed by atoms with Crippen LogP contribution in [0.3, 0.4) is 0 Å². The standard InChI is InChI=1S/C19H24N2OS/c22-18(12-17-11-15-6-7-16(17)10-15)21-8-9-23-19(21)20-13-14-4-2-1-3-5-14/h1-5,15-17H,6-13H2/t15-,16-,17+/m1/s1. The van der Waals surface area contributed by atoms with Crippen LogP contribution in [0.25, 0.3) is 0 Å². The smallest absolute Gasteiger partial charge is 0.228 e. The number of carbonyl (C=O) groups is 1. The molecule has 1 aromatic rings. The Kier molecular flexibility index (Phi) is 4.43. The quantitative estimate of drug-likeness (QED) is 0.838. The molecule has 2 aliphatic carbocycles. The zero-order valence-corrected chi connectivity index (χ0v) is 14.3.